The molecule has 2 fully saturated rings. The summed E-state index contributed by atoms with van der Waals surface area (Å²) in [5.74, 6) is 1.38. The van der Waals surface area contributed by atoms with E-state index < -0.39 is 0 Å². The molecule has 3 aromatic rings. The molecule has 122 valence electrons. The van der Waals surface area contributed by atoms with Crippen LogP contribution in [-0.2, 0) is 0 Å². The fourth-order valence-electron chi connectivity index (χ4n) is 3.92. The number of para-hydroxylation sites is 1. The number of carbonyl (C=O) groups excluding carboxylic acids is 1. The van der Waals surface area contributed by atoms with Gasteiger partial charge in [-0.15, -0.1) is 0 Å². The Labute approximate surface area is 139 Å². The van der Waals surface area contributed by atoms with E-state index in [1.54, 1.807) is 12.1 Å². The van der Waals surface area contributed by atoms with Crippen LogP contribution in [0.2, 0.25) is 0 Å². The van der Waals surface area contributed by atoms with Gasteiger partial charge >= 0.3 is 0 Å². The van der Waals surface area contributed by atoms with Gasteiger partial charge in [-0.05, 0) is 43.5 Å². The Hall–Kier alpha value is -2.53. The second kappa shape index (κ2) is 5.24. The van der Waals surface area contributed by atoms with Crippen LogP contribution >= 0.6 is 0 Å². The molecule has 2 aliphatic rings. The quantitative estimate of drug-likeness (QED) is 0.776. The molecule has 2 N–H and O–H groups in total. The highest BCUT2D eigenvalue weighted by Crippen LogP contribution is 2.30. The Bertz CT molecular complexity index is 877. The van der Waals surface area contributed by atoms with Crippen LogP contribution in [0.4, 0.5) is 0 Å². The molecule has 2 bridgehead atoms. The number of amides is 1. The Balaban J connectivity index is 1.35. The number of hydrogen-bond donors (Lipinski definition) is 2. The first-order valence-corrected chi connectivity index (χ1v) is 8.42. The van der Waals surface area contributed by atoms with Crippen molar-refractivity contribution in [2.75, 3.05) is 0 Å². The molecule has 0 saturated carbocycles. The smallest absolute Gasteiger partial charge is 0.287 e. The van der Waals surface area contributed by atoms with Crippen molar-refractivity contribution in [2.45, 2.75) is 37.4 Å². The van der Waals surface area contributed by atoms with Crippen molar-refractivity contribution in [3.8, 4) is 11.5 Å². The highest BCUT2D eigenvalue weighted by Gasteiger charge is 2.40. The van der Waals surface area contributed by atoms with E-state index in [-0.39, 0.29) is 11.9 Å². The number of carbonyl (C=O) groups is 1. The summed E-state index contributed by atoms with van der Waals surface area (Å²) in [5, 5.41) is 7.63. The van der Waals surface area contributed by atoms with Gasteiger partial charge in [0.25, 0.3) is 5.91 Å². The predicted molar refractivity (Wildman–Crippen MR) is 89.7 cm³/mol. The van der Waals surface area contributed by atoms with Gasteiger partial charge in [-0.2, -0.15) is 0 Å². The van der Waals surface area contributed by atoms with E-state index in [9.17, 15) is 4.79 Å². The van der Waals surface area contributed by atoms with Crippen molar-refractivity contribution < 1.29 is 13.6 Å². The van der Waals surface area contributed by atoms with Gasteiger partial charge in [0.15, 0.2) is 17.3 Å². The number of benzene rings is 1. The molecule has 2 saturated heterocycles. The Morgan fingerprint density at radius 3 is 2.79 bits per heavy atom. The zero-order valence-electron chi connectivity index (χ0n) is 13.1. The number of rotatable bonds is 3. The van der Waals surface area contributed by atoms with E-state index >= 15 is 0 Å². The maximum atomic E-state index is 12.4. The molecule has 2 aliphatic heterocycles. The van der Waals surface area contributed by atoms with Crippen LogP contribution in [-0.4, -0.2) is 24.0 Å². The lowest BCUT2D eigenvalue weighted by Crippen LogP contribution is -2.42. The molecule has 24 heavy (non-hydrogen) atoms. The Morgan fingerprint density at radius 2 is 2.00 bits per heavy atom. The van der Waals surface area contributed by atoms with Gasteiger partial charge in [0.2, 0.25) is 0 Å². The molecule has 2 aromatic heterocycles. The number of hydrogen-bond acceptors (Lipinski definition) is 4. The molecule has 1 amide bonds. The van der Waals surface area contributed by atoms with Gasteiger partial charge in [-0.3, -0.25) is 4.79 Å². The lowest BCUT2D eigenvalue weighted by molar-refractivity contribution is 0.0903. The van der Waals surface area contributed by atoms with Crippen molar-refractivity contribution in [3.05, 3.63) is 48.2 Å². The molecule has 0 aliphatic carbocycles. The van der Waals surface area contributed by atoms with Crippen molar-refractivity contribution in [2.24, 2.45) is 0 Å². The minimum absolute atomic E-state index is 0.156. The van der Waals surface area contributed by atoms with Crippen LogP contribution in [0, 0.1) is 0 Å². The van der Waals surface area contributed by atoms with Crippen molar-refractivity contribution >= 4 is 16.9 Å². The molecular formula is C19H18N2O3. The minimum Gasteiger partial charge on any atom is -0.453 e. The lowest BCUT2D eigenvalue weighted by atomic mass is 9.95. The summed E-state index contributed by atoms with van der Waals surface area (Å²) in [6.07, 6.45) is 3.36. The molecule has 1 aromatic carbocycles. The number of furan rings is 2. The molecule has 3 atom stereocenters. The first-order valence-electron chi connectivity index (χ1n) is 8.42. The first kappa shape index (κ1) is 13.9. The van der Waals surface area contributed by atoms with Gasteiger partial charge < -0.3 is 19.5 Å². The first-order chi connectivity index (χ1) is 11.8. The molecule has 4 heterocycles. The highest BCUT2D eigenvalue weighted by atomic mass is 16.4. The van der Waals surface area contributed by atoms with E-state index in [0.29, 0.717) is 29.4 Å². The SMILES string of the molecule is O=C(N[C@@H]1C[C@H]2CC[C@@H]1N2)c1ccc(-c2cc3ccccc3o2)o1. The molecule has 0 radical (unpaired) electrons. The van der Waals surface area contributed by atoms with Gasteiger partial charge in [0, 0.05) is 23.5 Å². The average molecular weight is 322 g/mol. The van der Waals surface area contributed by atoms with Gasteiger partial charge in [-0.25, -0.2) is 0 Å². The summed E-state index contributed by atoms with van der Waals surface area (Å²) in [7, 11) is 0. The third-order valence-electron chi connectivity index (χ3n) is 5.11. The summed E-state index contributed by atoms with van der Waals surface area (Å²) in [6, 6.07) is 14.4. The minimum atomic E-state index is -0.156. The standard InChI is InChI=1S/C19H18N2O3/c22-19(21-14-10-12-5-6-13(14)20-12)17-8-7-16(24-17)18-9-11-3-1-2-4-15(11)23-18/h1-4,7-9,12-14,20H,5-6,10H2,(H,21,22)/t12-,13+,14-/m1/s1. The zero-order chi connectivity index (χ0) is 16.1. The van der Waals surface area contributed by atoms with E-state index in [0.717, 1.165) is 23.8 Å². The molecule has 0 spiro atoms. The second-order valence-corrected chi connectivity index (χ2v) is 6.68. The van der Waals surface area contributed by atoms with E-state index in [4.69, 9.17) is 8.83 Å². The second-order valence-electron chi connectivity index (χ2n) is 6.68. The largest absolute Gasteiger partial charge is 0.453 e. The maximum Gasteiger partial charge on any atom is 0.287 e. The number of nitrogens with one attached hydrogen (secondary N) is 2. The van der Waals surface area contributed by atoms with Crippen molar-refractivity contribution in [3.63, 3.8) is 0 Å². The van der Waals surface area contributed by atoms with Crippen molar-refractivity contribution in [1.82, 2.24) is 10.6 Å². The van der Waals surface area contributed by atoms with Crippen LogP contribution in [0.25, 0.3) is 22.5 Å². The molecule has 5 nitrogen and oxygen atoms in total. The third-order valence-corrected chi connectivity index (χ3v) is 5.11. The summed E-state index contributed by atoms with van der Waals surface area (Å²) in [6.45, 7) is 0. The van der Waals surface area contributed by atoms with Gasteiger partial charge in [0.05, 0.1) is 0 Å². The lowest BCUT2D eigenvalue weighted by Gasteiger charge is -2.20. The molecule has 0 unspecified atom stereocenters. The topological polar surface area (TPSA) is 67.4 Å². The molecule has 5 rings (SSSR count). The molecule has 5 heteroatoms. The Morgan fingerprint density at radius 1 is 1.08 bits per heavy atom. The van der Waals surface area contributed by atoms with Crippen LogP contribution < -0.4 is 10.6 Å². The highest BCUT2D eigenvalue weighted by molar-refractivity contribution is 5.92. The van der Waals surface area contributed by atoms with E-state index in [1.807, 2.05) is 30.3 Å². The summed E-state index contributed by atoms with van der Waals surface area (Å²) < 4.78 is 11.5. The fraction of sp³-hybridized carbons (Fsp3) is 0.316. The maximum absolute atomic E-state index is 12.4. The van der Waals surface area contributed by atoms with Gasteiger partial charge in [-0.1, -0.05) is 18.2 Å². The summed E-state index contributed by atoms with van der Waals surface area (Å²) in [5.41, 5.74) is 0.808. The number of fused-ring (bicyclic) bond motifs is 3. The molecular weight excluding hydrogens is 304 g/mol. The zero-order valence-corrected chi connectivity index (χ0v) is 13.1. The van der Waals surface area contributed by atoms with E-state index in [2.05, 4.69) is 10.6 Å². The summed E-state index contributed by atoms with van der Waals surface area (Å²) in [4.78, 5) is 12.4. The summed E-state index contributed by atoms with van der Waals surface area (Å²) >= 11 is 0. The van der Waals surface area contributed by atoms with Crippen molar-refractivity contribution in [1.29, 1.82) is 0 Å². The van der Waals surface area contributed by atoms with Crippen LogP contribution in [0.15, 0.2) is 51.3 Å². The monoisotopic (exact) mass is 322 g/mol. The fourth-order valence-corrected chi connectivity index (χ4v) is 3.92. The van der Waals surface area contributed by atoms with Crippen LogP contribution in [0.3, 0.4) is 0 Å². The van der Waals surface area contributed by atoms with Crippen LogP contribution in [0.5, 0.6) is 0 Å². The average Bonchev–Trinajstić information content (AvgIpc) is 3.35. The van der Waals surface area contributed by atoms with E-state index in [1.165, 1.54) is 6.42 Å². The predicted octanol–water partition coefficient (Wildman–Crippen LogP) is 3.32. The van der Waals surface area contributed by atoms with Gasteiger partial charge in [0.1, 0.15) is 5.58 Å². The third kappa shape index (κ3) is 2.24. The Kier molecular flexibility index (Phi) is 3.03. The van der Waals surface area contributed by atoms with Crippen LogP contribution in [0.1, 0.15) is 29.8 Å². The normalized spacial score (nSPS) is 25.4.